The van der Waals surface area contributed by atoms with Gasteiger partial charge in [-0.1, -0.05) is 37.6 Å². The van der Waals surface area contributed by atoms with Gasteiger partial charge in [-0.05, 0) is 37.4 Å². The fourth-order valence-corrected chi connectivity index (χ4v) is 3.28. The highest BCUT2D eigenvalue weighted by Gasteiger charge is 2.29. The van der Waals surface area contributed by atoms with Gasteiger partial charge in [0.05, 0.1) is 10.7 Å². The second kappa shape index (κ2) is 5.94. The maximum atomic E-state index is 6.45. The highest BCUT2D eigenvalue weighted by atomic mass is 35.5. The molecule has 1 N–H and O–H groups in total. The number of para-hydroxylation sites is 1. The first kappa shape index (κ1) is 13.7. The first-order valence-corrected chi connectivity index (χ1v) is 7.21. The van der Waals surface area contributed by atoms with Crippen LogP contribution in [-0.4, -0.2) is 19.6 Å². The Bertz CT molecular complexity index is 403. The van der Waals surface area contributed by atoms with Gasteiger partial charge in [-0.3, -0.25) is 0 Å². The van der Waals surface area contributed by atoms with Crippen molar-refractivity contribution in [3.05, 3.63) is 28.8 Å². The van der Waals surface area contributed by atoms with Gasteiger partial charge in [0, 0.05) is 19.1 Å². The Kier molecular flexibility index (Phi) is 4.52. The van der Waals surface area contributed by atoms with Gasteiger partial charge in [0.25, 0.3) is 0 Å². The second-order valence-corrected chi connectivity index (χ2v) is 5.83. The maximum absolute atomic E-state index is 6.45. The number of hydrogen-bond acceptors (Lipinski definition) is 2. The van der Waals surface area contributed by atoms with Gasteiger partial charge in [-0.2, -0.15) is 0 Å². The molecule has 2 nitrogen and oxygen atoms in total. The molecular weight excluding hydrogens is 244 g/mol. The van der Waals surface area contributed by atoms with E-state index < -0.39 is 0 Å². The van der Waals surface area contributed by atoms with Crippen molar-refractivity contribution in [2.75, 3.05) is 18.5 Å². The number of anilines is 1. The SMILES string of the molecule is CNCc1cccc(Cl)c1N1CCCC1C(C)C. The van der Waals surface area contributed by atoms with E-state index in [0.717, 1.165) is 18.1 Å². The maximum Gasteiger partial charge on any atom is 0.0643 e. The summed E-state index contributed by atoms with van der Waals surface area (Å²) in [4.78, 5) is 2.51. The van der Waals surface area contributed by atoms with E-state index in [1.54, 1.807) is 0 Å². The van der Waals surface area contributed by atoms with Crippen molar-refractivity contribution in [3.63, 3.8) is 0 Å². The molecule has 0 saturated carbocycles. The van der Waals surface area contributed by atoms with Crippen molar-refractivity contribution in [1.82, 2.24) is 5.32 Å². The number of rotatable bonds is 4. The van der Waals surface area contributed by atoms with Gasteiger partial charge in [-0.15, -0.1) is 0 Å². The molecule has 3 heteroatoms. The average molecular weight is 267 g/mol. The third kappa shape index (κ3) is 2.65. The van der Waals surface area contributed by atoms with E-state index in [1.807, 2.05) is 19.2 Å². The van der Waals surface area contributed by atoms with E-state index >= 15 is 0 Å². The van der Waals surface area contributed by atoms with Gasteiger partial charge < -0.3 is 10.2 Å². The van der Waals surface area contributed by atoms with Crippen molar-refractivity contribution in [2.24, 2.45) is 5.92 Å². The molecule has 100 valence electrons. The highest BCUT2D eigenvalue weighted by molar-refractivity contribution is 6.33. The molecule has 1 aromatic rings. The van der Waals surface area contributed by atoms with E-state index in [2.05, 4.69) is 30.1 Å². The van der Waals surface area contributed by atoms with Gasteiger partial charge >= 0.3 is 0 Å². The van der Waals surface area contributed by atoms with E-state index in [0.29, 0.717) is 12.0 Å². The Morgan fingerprint density at radius 3 is 2.89 bits per heavy atom. The number of benzene rings is 1. The predicted octanol–water partition coefficient (Wildman–Crippen LogP) is 3.68. The lowest BCUT2D eigenvalue weighted by molar-refractivity contribution is 0.491. The Morgan fingerprint density at radius 1 is 1.44 bits per heavy atom. The molecule has 0 radical (unpaired) electrons. The van der Waals surface area contributed by atoms with E-state index in [4.69, 9.17) is 11.6 Å². The Hall–Kier alpha value is -0.730. The standard InChI is InChI=1S/C15H23ClN2/c1-11(2)14-8-5-9-18(14)15-12(10-17-3)6-4-7-13(15)16/h4,6-7,11,14,17H,5,8-10H2,1-3H3. The molecule has 18 heavy (non-hydrogen) atoms. The summed E-state index contributed by atoms with van der Waals surface area (Å²) in [5.41, 5.74) is 2.54. The van der Waals surface area contributed by atoms with Gasteiger partial charge in [0.1, 0.15) is 0 Å². The van der Waals surface area contributed by atoms with Crippen LogP contribution >= 0.6 is 11.6 Å². The first-order valence-electron chi connectivity index (χ1n) is 6.83. The molecule has 1 atom stereocenters. The summed E-state index contributed by atoms with van der Waals surface area (Å²) in [6.45, 7) is 6.61. The number of halogens is 1. The Labute approximate surface area is 115 Å². The number of nitrogens with zero attached hydrogens (tertiary/aromatic N) is 1. The molecule has 1 aliphatic heterocycles. The summed E-state index contributed by atoms with van der Waals surface area (Å²) in [6, 6.07) is 6.85. The predicted molar refractivity (Wildman–Crippen MR) is 79.4 cm³/mol. The van der Waals surface area contributed by atoms with Crippen LogP contribution in [-0.2, 0) is 6.54 Å². The van der Waals surface area contributed by atoms with E-state index in [1.165, 1.54) is 24.1 Å². The van der Waals surface area contributed by atoms with Crippen molar-refractivity contribution in [3.8, 4) is 0 Å². The van der Waals surface area contributed by atoms with Crippen molar-refractivity contribution < 1.29 is 0 Å². The first-order chi connectivity index (χ1) is 8.65. The fraction of sp³-hybridized carbons (Fsp3) is 0.600. The van der Waals surface area contributed by atoms with Crippen molar-refractivity contribution in [2.45, 2.75) is 39.3 Å². The number of hydrogen-bond donors (Lipinski definition) is 1. The zero-order valence-corrected chi connectivity index (χ0v) is 12.3. The lowest BCUT2D eigenvalue weighted by Gasteiger charge is -2.32. The molecule has 0 spiro atoms. The quantitative estimate of drug-likeness (QED) is 0.894. The number of nitrogens with one attached hydrogen (secondary N) is 1. The third-order valence-corrected chi connectivity index (χ3v) is 4.10. The van der Waals surface area contributed by atoms with Crippen LogP contribution in [0.2, 0.25) is 5.02 Å². The highest BCUT2D eigenvalue weighted by Crippen LogP contribution is 2.37. The Morgan fingerprint density at radius 2 is 2.22 bits per heavy atom. The third-order valence-electron chi connectivity index (χ3n) is 3.79. The van der Waals surface area contributed by atoms with E-state index in [-0.39, 0.29) is 0 Å². The van der Waals surface area contributed by atoms with Crippen LogP contribution in [0.15, 0.2) is 18.2 Å². The van der Waals surface area contributed by atoms with Crippen LogP contribution in [0.1, 0.15) is 32.3 Å². The van der Waals surface area contributed by atoms with Gasteiger partial charge in [-0.25, -0.2) is 0 Å². The molecule has 0 aromatic heterocycles. The monoisotopic (exact) mass is 266 g/mol. The molecule has 1 saturated heterocycles. The lowest BCUT2D eigenvalue weighted by atomic mass is 10.0. The minimum Gasteiger partial charge on any atom is -0.367 e. The summed E-state index contributed by atoms with van der Waals surface area (Å²) in [6.07, 6.45) is 2.55. The van der Waals surface area contributed by atoms with Crippen LogP contribution in [0.4, 0.5) is 5.69 Å². The molecule has 1 aliphatic rings. The zero-order valence-electron chi connectivity index (χ0n) is 11.5. The average Bonchev–Trinajstić information content (AvgIpc) is 2.78. The van der Waals surface area contributed by atoms with Gasteiger partial charge in [0.15, 0.2) is 0 Å². The summed E-state index contributed by atoms with van der Waals surface area (Å²) < 4.78 is 0. The lowest BCUT2D eigenvalue weighted by Crippen LogP contribution is -2.34. The molecule has 1 fully saturated rings. The Balaban J connectivity index is 2.36. The molecule has 1 unspecified atom stereocenters. The largest absolute Gasteiger partial charge is 0.367 e. The minimum atomic E-state index is 0.625. The topological polar surface area (TPSA) is 15.3 Å². The molecule has 2 rings (SSSR count). The van der Waals surface area contributed by atoms with Crippen LogP contribution in [0, 0.1) is 5.92 Å². The van der Waals surface area contributed by atoms with Gasteiger partial charge in [0.2, 0.25) is 0 Å². The summed E-state index contributed by atoms with van der Waals surface area (Å²) >= 11 is 6.45. The van der Waals surface area contributed by atoms with Crippen LogP contribution in [0.25, 0.3) is 0 Å². The fourth-order valence-electron chi connectivity index (χ4n) is 2.98. The molecule has 0 amide bonds. The smallest absolute Gasteiger partial charge is 0.0643 e. The minimum absolute atomic E-state index is 0.625. The summed E-state index contributed by atoms with van der Waals surface area (Å²) in [5, 5.41) is 4.12. The van der Waals surface area contributed by atoms with Crippen molar-refractivity contribution in [1.29, 1.82) is 0 Å². The molecule has 1 aromatic carbocycles. The molecular formula is C15H23ClN2. The molecule has 0 aliphatic carbocycles. The second-order valence-electron chi connectivity index (χ2n) is 5.42. The molecule has 1 heterocycles. The normalized spacial score (nSPS) is 19.8. The van der Waals surface area contributed by atoms with Crippen LogP contribution in [0.3, 0.4) is 0 Å². The van der Waals surface area contributed by atoms with Crippen LogP contribution < -0.4 is 10.2 Å². The summed E-state index contributed by atoms with van der Waals surface area (Å²) in [7, 11) is 1.98. The molecule has 0 bridgehead atoms. The van der Waals surface area contributed by atoms with Crippen LogP contribution in [0.5, 0.6) is 0 Å². The zero-order chi connectivity index (χ0) is 13.1. The summed E-state index contributed by atoms with van der Waals surface area (Å²) in [5.74, 6) is 0.672. The van der Waals surface area contributed by atoms with Crippen molar-refractivity contribution >= 4 is 17.3 Å². The van der Waals surface area contributed by atoms with E-state index in [9.17, 15) is 0 Å².